The Balaban J connectivity index is 1.77. The Bertz CT molecular complexity index is 831. The fourth-order valence-electron chi connectivity index (χ4n) is 3.35. The summed E-state index contributed by atoms with van der Waals surface area (Å²) in [6.45, 7) is 5.03. The van der Waals surface area contributed by atoms with Crippen LogP contribution in [0.4, 0.5) is 0 Å². The molecule has 5 nitrogen and oxygen atoms in total. The summed E-state index contributed by atoms with van der Waals surface area (Å²) in [5, 5.41) is 0. The lowest BCUT2D eigenvalue weighted by molar-refractivity contribution is -0.133. The van der Waals surface area contributed by atoms with Gasteiger partial charge in [0.15, 0.2) is 5.78 Å². The molecule has 0 bridgehead atoms. The van der Waals surface area contributed by atoms with Gasteiger partial charge in [0, 0.05) is 32.1 Å². The first-order valence-corrected chi connectivity index (χ1v) is 10.0. The van der Waals surface area contributed by atoms with Gasteiger partial charge in [-0.1, -0.05) is 37.3 Å². The second kappa shape index (κ2) is 8.48. The van der Waals surface area contributed by atoms with Crippen molar-refractivity contribution in [3.8, 4) is 0 Å². The number of nitrogens with zero attached hydrogens (tertiary/aromatic N) is 2. The van der Waals surface area contributed by atoms with Gasteiger partial charge in [-0.3, -0.25) is 14.4 Å². The highest BCUT2D eigenvalue weighted by molar-refractivity contribution is 7.15. The lowest BCUT2D eigenvalue weighted by atomic mass is 10.1. The summed E-state index contributed by atoms with van der Waals surface area (Å²) in [4.78, 5) is 42.0. The molecule has 2 aromatic rings. The third-order valence-corrected chi connectivity index (χ3v) is 6.08. The Hall–Kier alpha value is -2.47. The standard InChI is InChI=1S/C21H24N2O3S/c1-3-17-14-22(21(26)19-10-9-18(27-19)15(2)24)12-11-20(25)23(17)13-16-7-5-4-6-8-16/h4-10,17H,3,11-14H2,1-2H3/t17-/m1/s1. The normalized spacial score (nSPS) is 17.7. The molecule has 27 heavy (non-hydrogen) atoms. The smallest absolute Gasteiger partial charge is 0.264 e. The maximum absolute atomic E-state index is 12.9. The summed E-state index contributed by atoms with van der Waals surface area (Å²) in [6, 6.07) is 13.3. The molecule has 1 atom stereocenters. The molecule has 1 aromatic carbocycles. The Morgan fingerprint density at radius 3 is 2.44 bits per heavy atom. The van der Waals surface area contributed by atoms with Gasteiger partial charge < -0.3 is 9.80 Å². The van der Waals surface area contributed by atoms with Crippen molar-refractivity contribution >= 4 is 28.9 Å². The van der Waals surface area contributed by atoms with Crippen LogP contribution in [-0.2, 0) is 11.3 Å². The first-order valence-electron chi connectivity index (χ1n) is 9.23. The molecule has 6 heteroatoms. The Kier molecular flexibility index (Phi) is 6.06. The molecule has 2 heterocycles. The van der Waals surface area contributed by atoms with E-state index in [0.29, 0.717) is 35.8 Å². The molecule has 0 saturated carbocycles. The summed E-state index contributed by atoms with van der Waals surface area (Å²) < 4.78 is 0. The van der Waals surface area contributed by atoms with Crippen molar-refractivity contribution in [2.45, 2.75) is 39.3 Å². The topological polar surface area (TPSA) is 57.7 Å². The van der Waals surface area contributed by atoms with Crippen LogP contribution < -0.4 is 0 Å². The Labute approximate surface area is 163 Å². The van der Waals surface area contributed by atoms with Gasteiger partial charge in [0.05, 0.1) is 9.75 Å². The number of ketones is 1. The van der Waals surface area contributed by atoms with Crippen molar-refractivity contribution < 1.29 is 14.4 Å². The number of carbonyl (C=O) groups excluding carboxylic acids is 3. The van der Waals surface area contributed by atoms with Crippen LogP contribution in [0.2, 0.25) is 0 Å². The molecule has 1 aliphatic rings. The predicted octanol–water partition coefficient (Wildman–Crippen LogP) is 3.60. The maximum Gasteiger partial charge on any atom is 0.264 e. The summed E-state index contributed by atoms with van der Waals surface area (Å²) >= 11 is 1.22. The van der Waals surface area contributed by atoms with Gasteiger partial charge in [-0.2, -0.15) is 0 Å². The van der Waals surface area contributed by atoms with Crippen molar-refractivity contribution in [3.05, 3.63) is 57.8 Å². The van der Waals surface area contributed by atoms with Crippen LogP contribution in [0.5, 0.6) is 0 Å². The van der Waals surface area contributed by atoms with Gasteiger partial charge >= 0.3 is 0 Å². The van der Waals surface area contributed by atoms with E-state index in [9.17, 15) is 14.4 Å². The fourth-order valence-corrected chi connectivity index (χ4v) is 4.22. The third kappa shape index (κ3) is 4.45. The molecule has 1 aromatic heterocycles. The first kappa shape index (κ1) is 19.3. The largest absolute Gasteiger partial charge is 0.335 e. The van der Waals surface area contributed by atoms with Crippen LogP contribution in [0.25, 0.3) is 0 Å². The average Bonchev–Trinajstić information content (AvgIpc) is 3.12. The number of hydrogen-bond acceptors (Lipinski definition) is 4. The van der Waals surface area contributed by atoms with Crippen LogP contribution in [-0.4, -0.2) is 46.5 Å². The number of benzene rings is 1. The van der Waals surface area contributed by atoms with E-state index in [1.54, 1.807) is 17.0 Å². The molecule has 2 amide bonds. The molecule has 0 unspecified atom stereocenters. The minimum absolute atomic E-state index is 0.0172. The van der Waals surface area contributed by atoms with E-state index in [0.717, 1.165) is 12.0 Å². The lowest BCUT2D eigenvalue weighted by Gasteiger charge is -2.31. The summed E-state index contributed by atoms with van der Waals surface area (Å²) in [5.74, 6) is -0.0533. The van der Waals surface area contributed by atoms with E-state index < -0.39 is 0 Å². The highest BCUT2D eigenvalue weighted by Gasteiger charge is 2.31. The Morgan fingerprint density at radius 2 is 1.81 bits per heavy atom. The van der Waals surface area contributed by atoms with Crippen LogP contribution in [0, 0.1) is 0 Å². The SMILES string of the molecule is CC[C@@H]1CN(C(=O)c2ccc(C(C)=O)s2)CCC(=O)N1Cc1ccccc1. The number of thiophene rings is 1. The molecule has 0 N–H and O–H groups in total. The second-order valence-electron chi connectivity index (χ2n) is 6.79. The zero-order valence-corrected chi connectivity index (χ0v) is 16.5. The van der Waals surface area contributed by atoms with Gasteiger partial charge in [-0.25, -0.2) is 0 Å². The number of carbonyl (C=O) groups is 3. The lowest BCUT2D eigenvalue weighted by Crippen LogP contribution is -2.43. The predicted molar refractivity (Wildman–Crippen MR) is 106 cm³/mol. The molecule has 0 radical (unpaired) electrons. The van der Waals surface area contributed by atoms with Gasteiger partial charge in [0.2, 0.25) is 5.91 Å². The molecular weight excluding hydrogens is 360 g/mol. The van der Waals surface area contributed by atoms with Crippen LogP contribution >= 0.6 is 11.3 Å². The number of Topliss-reactive ketones (excluding diaryl/α,β-unsaturated/α-hetero) is 1. The minimum atomic E-state index is -0.0969. The molecule has 142 valence electrons. The van der Waals surface area contributed by atoms with Crippen LogP contribution in [0.15, 0.2) is 42.5 Å². The number of hydrogen-bond donors (Lipinski definition) is 0. The van der Waals surface area contributed by atoms with E-state index in [1.807, 2.05) is 42.2 Å². The van der Waals surface area contributed by atoms with Crippen LogP contribution in [0.3, 0.4) is 0 Å². The fraction of sp³-hybridized carbons (Fsp3) is 0.381. The summed E-state index contributed by atoms with van der Waals surface area (Å²) in [7, 11) is 0. The number of rotatable bonds is 5. The molecule has 0 spiro atoms. The van der Waals surface area contributed by atoms with E-state index in [-0.39, 0.29) is 23.6 Å². The monoisotopic (exact) mass is 384 g/mol. The van der Waals surface area contributed by atoms with E-state index in [1.165, 1.54) is 18.3 Å². The zero-order valence-electron chi connectivity index (χ0n) is 15.7. The van der Waals surface area contributed by atoms with Crippen molar-refractivity contribution in [3.63, 3.8) is 0 Å². The summed E-state index contributed by atoms with van der Waals surface area (Å²) in [5.41, 5.74) is 1.09. The van der Waals surface area contributed by atoms with E-state index in [4.69, 9.17) is 0 Å². The highest BCUT2D eigenvalue weighted by Crippen LogP contribution is 2.23. The van der Waals surface area contributed by atoms with Gasteiger partial charge in [0.1, 0.15) is 0 Å². The van der Waals surface area contributed by atoms with E-state index >= 15 is 0 Å². The van der Waals surface area contributed by atoms with Crippen molar-refractivity contribution in [2.75, 3.05) is 13.1 Å². The third-order valence-electron chi connectivity index (χ3n) is 4.91. The zero-order chi connectivity index (χ0) is 19.4. The molecule has 1 saturated heterocycles. The van der Waals surface area contributed by atoms with Crippen molar-refractivity contribution in [1.29, 1.82) is 0 Å². The second-order valence-corrected chi connectivity index (χ2v) is 7.87. The quantitative estimate of drug-likeness (QED) is 0.740. The van der Waals surface area contributed by atoms with Gasteiger partial charge in [0.25, 0.3) is 5.91 Å². The summed E-state index contributed by atoms with van der Waals surface area (Å²) in [6.07, 6.45) is 1.10. The maximum atomic E-state index is 12.9. The first-order chi connectivity index (χ1) is 13.0. The van der Waals surface area contributed by atoms with Crippen molar-refractivity contribution in [1.82, 2.24) is 9.80 Å². The van der Waals surface area contributed by atoms with Gasteiger partial charge in [-0.05, 0) is 31.0 Å². The molecule has 0 aliphatic carbocycles. The molecule has 1 aliphatic heterocycles. The van der Waals surface area contributed by atoms with E-state index in [2.05, 4.69) is 0 Å². The number of amides is 2. The molecule has 1 fully saturated rings. The molecule has 3 rings (SSSR count). The van der Waals surface area contributed by atoms with Crippen LogP contribution in [0.1, 0.15) is 51.6 Å². The minimum Gasteiger partial charge on any atom is -0.335 e. The molecular formula is C21H24N2O3S. The highest BCUT2D eigenvalue weighted by atomic mass is 32.1. The average molecular weight is 385 g/mol. The van der Waals surface area contributed by atoms with Crippen molar-refractivity contribution in [2.24, 2.45) is 0 Å². The van der Waals surface area contributed by atoms with Gasteiger partial charge in [-0.15, -0.1) is 11.3 Å². The Morgan fingerprint density at radius 1 is 1.11 bits per heavy atom.